The molecule has 1 aromatic heterocycles. The van der Waals surface area contributed by atoms with E-state index in [1.807, 2.05) is 26.2 Å². The molecule has 3 aromatic rings. The highest BCUT2D eigenvalue weighted by atomic mass is 32.1. The van der Waals surface area contributed by atoms with Crippen LogP contribution in [0.2, 0.25) is 0 Å². The van der Waals surface area contributed by atoms with Gasteiger partial charge in [-0.15, -0.1) is 11.3 Å². The third kappa shape index (κ3) is 2.21. The summed E-state index contributed by atoms with van der Waals surface area (Å²) in [5.41, 5.74) is 4.49. The van der Waals surface area contributed by atoms with Crippen LogP contribution in [0, 0.1) is 0 Å². The number of hydrogen-bond donors (Lipinski definition) is 0. The number of benzene rings is 2. The summed E-state index contributed by atoms with van der Waals surface area (Å²) >= 11 is 1.72. The minimum Gasteiger partial charge on any atom is -0.378 e. The molecule has 20 heavy (non-hydrogen) atoms. The highest BCUT2D eigenvalue weighted by molar-refractivity contribution is 7.21. The molecule has 0 radical (unpaired) electrons. The maximum absolute atomic E-state index is 4.74. The zero-order valence-electron chi connectivity index (χ0n) is 11.6. The molecule has 0 atom stereocenters. The molecule has 0 fully saturated rings. The topological polar surface area (TPSA) is 16.1 Å². The molecule has 3 rings (SSSR count). The fourth-order valence-corrected chi connectivity index (χ4v) is 3.18. The molecule has 2 aromatic carbocycles. The number of fused-ring (bicyclic) bond motifs is 1. The number of aromatic nitrogens is 1. The minimum atomic E-state index is 1.05. The van der Waals surface area contributed by atoms with Crippen LogP contribution < -0.4 is 4.90 Å². The first kappa shape index (κ1) is 12.9. The Morgan fingerprint density at radius 1 is 1.15 bits per heavy atom. The first-order valence-corrected chi connectivity index (χ1v) is 7.30. The van der Waals surface area contributed by atoms with Crippen molar-refractivity contribution < 1.29 is 0 Å². The summed E-state index contributed by atoms with van der Waals surface area (Å²) in [5, 5.41) is 1.05. The second kappa shape index (κ2) is 5.10. The molecule has 0 saturated carbocycles. The molecule has 3 heteroatoms. The highest BCUT2D eigenvalue weighted by Crippen LogP contribution is 2.34. The van der Waals surface area contributed by atoms with Gasteiger partial charge in [0, 0.05) is 25.3 Å². The van der Waals surface area contributed by atoms with Gasteiger partial charge >= 0.3 is 0 Å². The Balaban J connectivity index is 2.20. The van der Waals surface area contributed by atoms with Crippen LogP contribution in [0.15, 0.2) is 49.0 Å². The van der Waals surface area contributed by atoms with Gasteiger partial charge in [-0.2, -0.15) is 0 Å². The van der Waals surface area contributed by atoms with Crippen molar-refractivity contribution in [2.24, 2.45) is 0 Å². The molecule has 0 aliphatic carbocycles. The van der Waals surface area contributed by atoms with Crippen LogP contribution in [0.3, 0.4) is 0 Å². The Morgan fingerprint density at radius 2 is 1.95 bits per heavy atom. The molecule has 0 aliphatic heterocycles. The molecular weight excluding hydrogens is 264 g/mol. The summed E-state index contributed by atoms with van der Waals surface area (Å²) in [5.74, 6) is 0. The van der Waals surface area contributed by atoms with Crippen molar-refractivity contribution in [3.8, 4) is 10.6 Å². The molecule has 0 unspecified atom stereocenters. The summed E-state index contributed by atoms with van der Waals surface area (Å²) in [7, 11) is 4.09. The Labute approximate surface area is 123 Å². The molecule has 0 N–H and O–H groups in total. The summed E-state index contributed by atoms with van der Waals surface area (Å²) in [6.07, 6.45) is 1.89. The lowest BCUT2D eigenvalue weighted by Crippen LogP contribution is -2.08. The van der Waals surface area contributed by atoms with Gasteiger partial charge in [-0.05, 0) is 29.8 Å². The molecule has 2 nitrogen and oxygen atoms in total. The predicted octanol–water partition coefficient (Wildman–Crippen LogP) is 4.67. The van der Waals surface area contributed by atoms with Crippen molar-refractivity contribution in [2.75, 3.05) is 19.0 Å². The molecule has 1 heterocycles. The monoisotopic (exact) mass is 280 g/mol. The van der Waals surface area contributed by atoms with E-state index < -0.39 is 0 Å². The molecule has 0 saturated heterocycles. The van der Waals surface area contributed by atoms with E-state index in [-0.39, 0.29) is 0 Å². The van der Waals surface area contributed by atoms with Crippen LogP contribution in [0.5, 0.6) is 0 Å². The Morgan fingerprint density at radius 3 is 2.65 bits per heavy atom. The fourth-order valence-electron chi connectivity index (χ4n) is 2.17. The number of para-hydroxylation sites is 1. The number of hydrogen-bond acceptors (Lipinski definition) is 3. The largest absolute Gasteiger partial charge is 0.378 e. The lowest BCUT2D eigenvalue weighted by atomic mass is 10.1. The number of rotatable bonds is 3. The average Bonchev–Trinajstić information content (AvgIpc) is 2.90. The van der Waals surface area contributed by atoms with E-state index in [1.54, 1.807) is 11.3 Å². The Bertz CT molecular complexity index is 739. The number of anilines is 1. The van der Waals surface area contributed by atoms with Gasteiger partial charge in [-0.25, -0.2) is 4.98 Å². The maximum atomic E-state index is 4.74. The highest BCUT2D eigenvalue weighted by Gasteiger charge is 2.10. The van der Waals surface area contributed by atoms with Gasteiger partial charge < -0.3 is 4.90 Å². The minimum absolute atomic E-state index is 1.05. The normalized spacial score (nSPS) is 10.7. The van der Waals surface area contributed by atoms with E-state index in [4.69, 9.17) is 4.98 Å². The predicted molar refractivity (Wildman–Crippen MR) is 89.5 cm³/mol. The van der Waals surface area contributed by atoms with Crippen LogP contribution in [0.1, 0.15) is 5.56 Å². The van der Waals surface area contributed by atoms with Crippen molar-refractivity contribution in [2.45, 2.75) is 0 Å². The summed E-state index contributed by atoms with van der Waals surface area (Å²) in [6.45, 7) is 3.91. The molecular formula is C17H16N2S. The quantitative estimate of drug-likeness (QED) is 0.693. The van der Waals surface area contributed by atoms with Crippen LogP contribution in [-0.4, -0.2) is 19.1 Å². The SMILES string of the molecule is C=Cc1ccc(N(C)C)cc1-c1nc2ccccc2s1. The van der Waals surface area contributed by atoms with E-state index in [0.717, 1.165) is 21.7 Å². The first-order valence-electron chi connectivity index (χ1n) is 6.49. The molecule has 0 amide bonds. The third-order valence-corrected chi connectivity index (χ3v) is 4.37. The lowest BCUT2D eigenvalue weighted by molar-refractivity contribution is 1.13. The van der Waals surface area contributed by atoms with Gasteiger partial charge in [0.05, 0.1) is 10.2 Å². The summed E-state index contributed by atoms with van der Waals surface area (Å²) in [6, 6.07) is 14.6. The van der Waals surface area contributed by atoms with Crippen LogP contribution >= 0.6 is 11.3 Å². The van der Waals surface area contributed by atoms with Crippen LogP contribution in [-0.2, 0) is 0 Å². The smallest absolute Gasteiger partial charge is 0.125 e. The van der Waals surface area contributed by atoms with Gasteiger partial charge in [-0.1, -0.05) is 30.9 Å². The van der Waals surface area contributed by atoms with Crippen molar-refractivity contribution in [1.29, 1.82) is 0 Å². The van der Waals surface area contributed by atoms with Gasteiger partial charge in [0.15, 0.2) is 0 Å². The van der Waals surface area contributed by atoms with Crippen molar-refractivity contribution >= 4 is 33.3 Å². The third-order valence-electron chi connectivity index (χ3n) is 3.30. The average molecular weight is 280 g/mol. The van der Waals surface area contributed by atoms with Gasteiger partial charge in [0.2, 0.25) is 0 Å². The fraction of sp³-hybridized carbons (Fsp3) is 0.118. The van der Waals surface area contributed by atoms with Gasteiger partial charge in [-0.3, -0.25) is 0 Å². The standard InChI is InChI=1S/C17H16N2S/c1-4-12-9-10-13(19(2)3)11-14(12)17-18-15-7-5-6-8-16(15)20-17/h4-11H,1H2,2-3H3. The van der Waals surface area contributed by atoms with Gasteiger partial charge in [0.25, 0.3) is 0 Å². The zero-order chi connectivity index (χ0) is 14.1. The van der Waals surface area contributed by atoms with Crippen molar-refractivity contribution in [3.05, 3.63) is 54.6 Å². The summed E-state index contributed by atoms with van der Waals surface area (Å²) in [4.78, 5) is 6.85. The second-order valence-corrected chi connectivity index (χ2v) is 5.89. The molecule has 0 spiro atoms. The Kier molecular flexibility index (Phi) is 3.28. The molecule has 100 valence electrons. The van der Waals surface area contributed by atoms with Gasteiger partial charge in [0.1, 0.15) is 5.01 Å². The number of nitrogens with zero attached hydrogens (tertiary/aromatic N) is 2. The van der Waals surface area contributed by atoms with Crippen molar-refractivity contribution in [1.82, 2.24) is 4.98 Å². The van der Waals surface area contributed by atoms with E-state index in [1.165, 1.54) is 10.4 Å². The first-order chi connectivity index (χ1) is 9.69. The maximum Gasteiger partial charge on any atom is 0.125 e. The van der Waals surface area contributed by atoms with E-state index in [2.05, 4.69) is 47.9 Å². The summed E-state index contributed by atoms with van der Waals surface area (Å²) < 4.78 is 1.22. The molecule has 0 aliphatic rings. The van der Waals surface area contributed by atoms with E-state index in [9.17, 15) is 0 Å². The zero-order valence-corrected chi connectivity index (χ0v) is 12.4. The Hall–Kier alpha value is -2.13. The lowest BCUT2D eigenvalue weighted by Gasteiger charge is -2.14. The van der Waals surface area contributed by atoms with Crippen LogP contribution in [0.4, 0.5) is 5.69 Å². The molecule has 0 bridgehead atoms. The van der Waals surface area contributed by atoms with E-state index in [0.29, 0.717) is 0 Å². The van der Waals surface area contributed by atoms with Crippen molar-refractivity contribution in [3.63, 3.8) is 0 Å². The van der Waals surface area contributed by atoms with E-state index >= 15 is 0 Å². The van der Waals surface area contributed by atoms with Crippen LogP contribution in [0.25, 0.3) is 26.9 Å². The second-order valence-electron chi connectivity index (χ2n) is 4.86. The number of thiazole rings is 1.